The normalized spacial score (nSPS) is 23.0. The van der Waals surface area contributed by atoms with E-state index in [1.165, 1.54) is 32.4 Å². The molecule has 0 saturated carbocycles. The number of hydrogen-bond acceptors (Lipinski definition) is 3. The van der Waals surface area contributed by atoms with E-state index in [0.29, 0.717) is 12.5 Å². The predicted molar refractivity (Wildman–Crippen MR) is 101 cm³/mol. The Morgan fingerprint density at radius 2 is 1.84 bits per heavy atom. The summed E-state index contributed by atoms with van der Waals surface area (Å²) in [7, 11) is 1.69. The quantitative estimate of drug-likeness (QED) is 0.820. The Bertz CT molecular complexity index is 550. The van der Waals surface area contributed by atoms with Crippen LogP contribution in [0.4, 0.5) is 0 Å². The molecule has 0 aliphatic carbocycles. The number of carbonyl (C=O) groups is 1. The van der Waals surface area contributed by atoms with Gasteiger partial charge in [0.15, 0.2) is 0 Å². The van der Waals surface area contributed by atoms with Gasteiger partial charge in [0.2, 0.25) is 0 Å². The van der Waals surface area contributed by atoms with E-state index in [1.54, 1.807) is 7.11 Å². The number of rotatable bonds is 5. The first kappa shape index (κ1) is 18.4. The fraction of sp³-hybridized carbons (Fsp3) is 0.667. The Kier molecular flexibility index (Phi) is 6.49. The van der Waals surface area contributed by atoms with Crippen molar-refractivity contribution in [2.24, 2.45) is 11.8 Å². The number of likely N-dealkylation sites (tertiary alicyclic amines) is 2. The van der Waals surface area contributed by atoms with Crippen LogP contribution < -0.4 is 0 Å². The van der Waals surface area contributed by atoms with Gasteiger partial charge in [-0.05, 0) is 68.3 Å². The lowest BCUT2D eigenvalue weighted by Gasteiger charge is -2.38. The van der Waals surface area contributed by atoms with E-state index in [1.807, 2.05) is 24.3 Å². The van der Waals surface area contributed by atoms with E-state index in [4.69, 9.17) is 4.74 Å². The molecule has 1 amide bonds. The van der Waals surface area contributed by atoms with Crippen LogP contribution in [0.5, 0.6) is 0 Å². The number of methoxy groups -OCH3 is 1. The Morgan fingerprint density at radius 3 is 2.52 bits per heavy atom. The number of hydrogen-bond donors (Lipinski definition) is 0. The molecule has 1 unspecified atom stereocenters. The van der Waals surface area contributed by atoms with Crippen molar-refractivity contribution in [2.75, 3.05) is 39.8 Å². The summed E-state index contributed by atoms with van der Waals surface area (Å²) in [6, 6.07) is 7.86. The summed E-state index contributed by atoms with van der Waals surface area (Å²) in [5, 5.41) is 0. The van der Waals surface area contributed by atoms with Gasteiger partial charge < -0.3 is 14.5 Å². The SMILES string of the molecule is COCc1ccc(C(=O)N2CCCC(CN3CCC(C)CC3)C2)cc1. The summed E-state index contributed by atoms with van der Waals surface area (Å²) in [6.45, 7) is 8.37. The van der Waals surface area contributed by atoms with Crippen molar-refractivity contribution >= 4 is 5.91 Å². The molecular formula is C21H32N2O2. The molecular weight excluding hydrogens is 312 g/mol. The van der Waals surface area contributed by atoms with Gasteiger partial charge in [0.1, 0.15) is 0 Å². The van der Waals surface area contributed by atoms with Gasteiger partial charge in [-0.2, -0.15) is 0 Å². The zero-order valence-electron chi connectivity index (χ0n) is 15.7. The molecule has 0 bridgehead atoms. The third kappa shape index (κ3) is 5.05. The smallest absolute Gasteiger partial charge is 0.253 e. The Morgan fingerprint density at radius 1 is 1.12 bits per heavy atom. The maximum absolute atomic E-state index is 12.8. The van der Waals surface area contributed by atoms with E-state index < -0.39 is 0 Å². The molecule has 2 saturated heterocycles. The van der Waals surface area contributed by atoms with E-state index in [2.05, 4.69) is 16.7 Å². The number of amides is 1. The second kappa shape index (κ2) is 8.81. The summed E-state index contributed by atoms with van der Waals surface area (Å²) in [4.78, 5) is 17.5. The molecule has 3 rings (SSSR count). The highest BCUT2D eigenvalue weighted by Crippen LogP contribution is 2.23. The molecule has 2 fully saturated rings. The summed E-state index contributed by atoms with van der Waals surface area (Å²) >= 11 is 0. The van der Waals surface area contributed by atoms with Crippen LogP contribution >= 0.6 is 0 Å². The van der Waals surface area contributed by atoms with Crippen molar-refractivity contribution in [3.05, 3.63) is 35.4 Å². The fourth-order valence-electron chi connectivity index (χ4n) is 4.10. The highest BCUT2D eigenvalue weighted by atomic mass is 16.5. The van der Waals surface area contributed by atoms with Gasteiger partial charge in [-0.25, -0.2) is 0 Å². The minimum atomic E-state index is 0.181. The zero-order chi connectivity index (χ0) is 17.6. The third-order valence-corrected chi connectivity index (χ3v) is 5.71. The monoisotopic (exact) mass is 344 g/mol. The maximum Gasteiger partial charge on any atom is 0.253 e. The predicted octanol–water partition coefficient (Wildman–Crippen LogP) is 3.42. The van der Waals surface area contributed by atoms with Gasteiger partial charge in [-0.3, -0.25) is 4.79 Å². The van der Waals surface area contributed by atoms with Gasteiger partial charge in [0.25, 0.3) is 5.91 Å². The van der Waals surface area contributed by atoms with Gasteiger partial charge in [0, 0.05) is 32.3 Å². The summed E-state index contributed by atoms with van der Waals surface area (Å²) < 4.78 is 5.14. The summed E-state index contributed by atoms with van der Waals surface area (Å²) in [5.41, 5.74) is 1.90. The fourth-order valence-corrected chi connectivity index (χ4v) is 4.10. The van der Waals surface area contributed by atoms with Crippen molar-refractivity contribution in [3.63, 3.8) is 0 Å². The highest BCUT2D eigenvalue weighted by molar-refractivity contribution is 5.94. The molecule has 2 aliphatic heterocycles. The molecule has 4 heteroatoms. The number of carbonyl (C=O) groups excluding carboxylic acids is 1. The molecule has 0 radical (unpaired) electrons. The average molecular weight is 344 g/mol. The number of ether oxygens (including phenoxy) is 1. The van der Waals surface area contributed by atoms with Gasteiger partial charge >= 0.3 is 0 Å². The van der Waals surface area contributed by atoms with Crippen molar-refractivity contribution in [1.82, 2.24) is 9.80 Å². The lowest BCUT2D eigenvalue weighted by atomic mass is 9.94. The first-order valence-electron chi connectivity index (χ1n) is 9.75. The molecule has 0 N–H and O–H groups in total. The zero-order valence-corrected chi connectivity index (χ0v) is 15.7. The van der Waals surface area contributed by atoms with E-state index in [9.17, 15) is 4.79 Å². The van der Waals surface area contributed by atoms with E-state index >= 15 is 0 Å². The lowest BCUT2D eigenvalue weighted by molar-refractivity contribution is 0.0622. The molecule has 138 valence electrons. The highest BCUT2D eigenvalue weighted by Gasteiger charge is 2.27. The topological polar surface area (TPSA) is 32.8 Å². The second-order valence-corrected chi connectivity index (χ2v) is 7.87. The standard InChI is InChI=1S/C21H32N2O2/c1-17-9-12-22(13-10-17)14-19-4-3-11-23(15-19)21(24)20-7-5-18(6-8-20)16-25-2/h5-8,17,19H,3-4,9-16H2,1-2H3. The Labute approximate surface area is 152 Å². The van der Waals surface area contributed by atoms with Crippen LogP contribution in [-0.2, 0) is 11.3 Å². The molecule has 2 heterocycles. The summed E-state index contributed by atoms with van der Waals surface area (Å²) in [6.07, 6.45) is 5.03. The van der Waals surface area contributed by atoms with Gasteiger partial charge in [-0.1, -0.05) is 19.1 Å². The molecule has 2 aliphatic rings. The van der Waals surface area contributed by atoms with Crippen molar-refractivity contribution in [3.8, 4) is 0 Å². The van der Waals surface area contributed by atoms with Crippen molar-refractivity contribution in [1.29, 1.82) is 0 Å². The molecule has 1 aromatic carbocycles. The second-order valence-electron chi connectivity index (χ2n) is 7.87. The van der Waals surface area contributed by atoms with Crippen LogP contribution in [0.3, 0.4) is 0 Å². The van der Waals surface area contributed by atoms with Gasteiger partial charge in [0.05, 0.1) is 6.61 Å². The first-order chi connectivity index (χ1) is 12.2. The Hall–Kier alpha value is -1.39. The summed E-state index contributed by atoms with van der Waals surface area (Å²) in [5.74, 6) is 1.68. The number of nitrogens with zero attached hydrogens (tertiary/aromatic N) is 2. The molecule has 25 heavy (non-hydrogen) atoms. The Balaban J connectivity index is 1.54. The number of piperidine rings is 2. The lowest BCUT2D eigenvalue weighted by Crippen LogP contribution is -2.45. The molecule has 1 atom stereocenters. The van der Waals surface area contributed by atoms with Crippen LogP contribution in [0.2, 0.25) is 0 Å². The van der Waals surface area contributed by atoms with E-state index in [-0.39, 0.29) is 5.91 Å². The van der Waals surface area contributed by atoms with Crippen LogP contribution in [0.25, 0.3) is 0 Å². The minimum Gasteiger partial charge on any atom is -0.380 e. The van der Waals surface area contributed by atoms with Crippen LogP contribution in [0.1, 0.15) is 48.5 Å². The first-order valence-corrected chi connectivity index (χ1v) is 9.75. The van der Waals surface area contributed by atoms with Gasteiger partial charge in [-0.15, -0.1) is 0 Å². The van der Waals surface area contributed by atoms with Crippen LogP contribution in [0, 0.1) is 11.8 Å². The van der Waals surface area contributed by atoms with Crippen LogP contribution in [-0.4, -0.2) is 55.5 Å². The van der Waals surface area contributed by atoms with E-state index in [0.717, 1.165) is 43.1 Å². The molecule has 1 aromatic rings. The number of benzene rings is 1. The largest absolute Gasteiger partial charge is 0.380 e. The maximum atomic E-state index is 12.8. The molecule has 0 spiro atoms. The van der Waals surface area contributed by atoms with Crippen molar-refractivity contribution in [2.45, 2.75) is 39.2 Å². The molecule has 4 nitrogen and oxygen atoms in total. The minimum absolute atomic E-state index is 0.181. The molecule has 0 aromatic heterocycles. The van der Waals surface area contributed by atoms with Crippen LogP contribution in [0.15, 0.2) is 24.3 Å². The van der Waals surface area contributed by atoms with Crippen molar-refractivity contribution < 1.29 is 9.53 Å². The average Bonchev–Trinajstić information content (AvgIpc) is 2.64. The third-order valence-electron chi connectivity index (χ3n) is 5.71.